The molecule has 0 bridgehead atoms. The molecule has 0 amide bonds. The van der Waals surface area contributed by atoms with E-state index >= 15 is 0 Å². The first-order chi connectivity index (χ1) is 9.16. The van der Waals surface area contributed by atoms with Crippen molar-refractivity contribution in [3.63, 3.8) is 0 Å². The molecule has 2 rings (SSSR count). The lowest BCUT2D eigenvalue weighted by molar-refractivity contribution is -0.146. The van der Waals surface area contributed by atoms with Crippen LogP contribution in [0.5, 0.6) is 0 Å². The highest BCUT2D eigenvalue weighted by Crippen LogP contribution is 2.32. The van der Waals surface area contributed by atoms with E-state index < -0.39 is 5.54 Å². The van der Waals surface area contributed by atoms with E-state index in [9.17, 15) is 4.79 Å². The average Bonchev–Trinajstić information content (AvgIpc) is 2.67. The number of hydrogen-bond acceptors (Lipinski definition) is 3. The number of anilines is 1. The summed E-state index contributed by atoms with van der Waals surface area (Å²) in [4.78, 5) is 12.2. The minimum atomic E-state index is -0.556. The van der Waals surface area contributed by atoms with Gasteiger partial charge in [-0.2, -0.15) is 0 Å². The SMILES string of the molecule is COC(=O)C1(Nc2ccc(Br)cc2)CCCCCC1. The Labute approximate surface area is 122 Å². The average molecular weight is 326 g/mol. The number of carbonyl (C=O) groups is 1. The van der Waals surface area contributed by atoms with Crippen LogP contribution in [0.2, 0.25) is 0 Å². The van der Waals surface area contributed by atoms with Crippen LogP contribution in [-0.2, 0) is 9.53 Å². The molecule has 104 valence electrons. The second-order valence-corrected chi connectivity index (χ2v) is 6.04. The third kappa shape index (κ3) is 3.50. The van der Waals surface area contributed by atoms with Crippen molar-refractivity contribution in [3.8, 4) is 0 Å². The van der Waals surface area contributed by atoms with Gasteiger partial charge in [-0.05, 0) is 37.1 Å². The predicted octanol–water partition coefficient (Wildman–Crippen LogP) is 4.13. The van der Waals surface area contributed by atoms with Gasteiger partial charge in [-0.1, -0.05) is 41.6 Å². The molecule has 1 N–H and O–H groups in total. The van der Waals surface area contributed by atoms with Crippen molar-refractivity contribution in [2.24, 2.45) is 0 Å². The van der Waals surface area contributed by atoms with E-state index in [0.717, 1.165) is 35.8 Å². The van der Waals surface area contributed by atoms with Crippen LogP contribution in [0.1, 0.15) is 38.5 Å². The minimum absolute atomic E-state index is 0.141. The predicted molar refractivity (Wildman–Crippen MR) is 80.2 cm³/mol. The number of methoxy groups -OCH3 is 1. The summed E-state index contributed by atoms with van der Waals surface area (Å²) in [5.74, 6) is -0.141. The zero-order chi connectivity index (χ0) is 13.7. The van der Waals surface area contributed by atoms with Crippen LogP contribution < -0.4 is 5.32 Å². The Bertz CT molecular complexity index is 422. The molecule has 1 aromatic rings. The Kier molecular flexibility index (Phi) is 4.86. The summed E-state index contributed by atoms with van der Waals surface area (Å²) >= 11 is 3.42. The van der Waals surface area contributed by atoms with Crippen LogP contribution in [0, 0.1) is 0 Å². The zero-order valence-corrected chi connectivity index (χ0v) is 12.8. The van der Waals surface area contributed by atoms with E-state index in [1.165, 1.54) is 20.0 Å². The van der Waals surface area contributed by atoms with Gasteiger partial charge in [0.25, 0.3) is 0 Å². The van der Waals surface area contributed by atoms with Gasteiger partial charge in [0, 0.05) is 10.2 Å². The van der Waals surface area contributed by atoms with Gasteiger partial charge < -0.3 is 10.1 Å². The topological polar surface area (TPSA) is 38.3 Å². The molecule has 19 heavy (non-hydrogen) atoms. The highest BCUT2D eigenvalue weighted by atomic mass is 79.9. The lowest BCUT2D eigenvalue weighted by Gasteiger charge is -2.32. The summed E-state index contributed by atoms with van der Waals surface area (Å²) in [6.07, 6.45) is 6.21. The van der Waals surface area contributed by atoms with Crippen LogP contribution in [-0.4, -0.2) is 18.6 Å². The zero-order valence-electron chi connectivity index (χ0n) is 11.2. The molecule has 0 unspecified atom stereocenters. The monoisotopic (exact) mass is 325 g/mol. The van der Waals surface area contributed by atoms with E-state index in [1.807, 2.05) is 24.3 Å². The molecule has 0 spiro atoms. The van der Waals surface area contributed by atoms with Crippen molar-refractivity contribution < 1.29 is 9.53 Å². The number of halogens is 1. The van der Waals surface area contributed by atoms with Gasteiger partial charge >= 0.3 is 5.97 Å². The van der Waals surface area contributed by atoms with Crippen LogP contribution in [0.15, 0.2) is 28.7 Å². The summed E-state index contributed by atoms with van der Waals surface area (Å²) in [6, 6.07) is 7.92. The van der Waals surface area contributed by atoms with E-state index in [4.69, 9.17) is 4.74 Å². The van der Waals surface area contributed by atoms with Crippen molar-refractivity contribution in [2.45, 2.75) is 44.1 Å². The molecule has 0 saturated heterocycles. The standard InChI is InChI=1S/C15H20BrNO2/c1-19-14(18)15(10-4-2-3-5-11-15)17-13-8-6-12(16)7-9-13/h6-9,17H,2-5,10-11H2,1H3. The second kappa shape index (κ2) is 6.42. The largest absolute Gasteiger partial charge is 0.467 e. The number of ether oxygens (including phenoxy) is 1. The summed E-state index contributed by atoms with van der Waals surface area (Å²) in [6.45, 7) is 0. The summed E-state index contributed by atoms with van der Waals surface area (Å²) < 4.78 is 6.07. The maximum absolute atomic E-state index is 12.2. The normalized spacial score (nSPS) is 18.4. The van der Waals surface area contributed by atoms with E-state index in [-0.39, 0.29) is 5.97 Å². The maximum Gasteiger partial charge on any atom is 0.331 e. The van der Waals surface area contributed by atoms with Crippen molar-refractivity contribution >= 4 is 27.6 Å². The van der Waals surface area contributed by atoms with Gasteiger partial charge in [0.05, 0.1) is 7.11 Å². The third-order valence-electron chi connectivity index (χ3n) is 3.76. The fraction of sp³-hybridized carbons (Fsp3) is 0.533. The molecule has 1 saturated carbocycles. The highest BCUT2D eigenvalue weighted by Gasteiger charge is 2.39. The highest BCUT2D eigenvalue weighted by molar-refractivity contribution is 9.10. The number of nitrogens with one attached hydrogen (secondary N) is 1. The molecule has 0 radical (unpaired) electrons. The molecule has 3 nitrogen and oxygen atoms in total. The Morgan fingerprint density at radius 3 is 2.26 bits per heavy atom. The third-order valence-corrected chi connectivity index (χ3v) is 4.29. The van der Waals surface area contributed by atoms with Gasteiger partial charge in [-0.25, -0.2) is 4.79 Å². The minimum Gasteiger partial charge on any atom is -0.467 e. The number of rotatable bonds is 3. The van der Waals surface area contributed by atoms with Crippen LogP contribution in [0.4, 0.5) is 5.69 Å². The van der Waals surface area contributed by atoms with Crippen LogP contribution in [0.3, 0.4) is 0 Å². The van der Waals surface area contributed by atoms with Crippen molar-refractivity contribution in [1.29, 1.82) is 0 Å². The molecule has 4 heteroatoms. The van der Waals surface area contributed by atoms with E-state index in [0.29, 0.717) is 0 Å². The fourth-order valence-corrected chi connectivity index (χ4v) is 2.98. The number of esters is 1. The maximum atomic E-state index is 12.2. The Morgan fingerprint density at radius 2 is 1.74 bits per heavy atom. The lowest BCUT2D eigenvalue weighted by Crippen LogP contribution is -2.46. The van der Waals surface area contributed by atoms with Crippen molar-refractivity contribution in [2.75, 3.05) is 12.4 Å². The first kappa shape index (κ1) is 14.4. The summed E-state index contributed by atoms with van der Waals surface area (Å²) in [5, 5.41) is 3.42. The molecule has 1 fully saturated rings. The number of benzene rings is 1. The number of hydrogen-bond donors (Lipinski definition) is 1. The van der Waals surface area contributed by atoms with Gasteiger partial charge in [0.2, 0.25) is 0 Å². The molecule has 1 aliphatic rings. The van der Waals surface area contributed by atoms with E-state index in [1.54, 1.807) is 0 Å². The van der Waals surface area contributed by atoms with Gasteiger partial charge in [0.1, 0.15) is 5.54 Å². The summed E-state index contributed by atoms with van der Waals surface area (Å²) in [7, 11) is 1.47. The molecule has 0 aromatic heterocycles. The molecule has 1 aliphatic carbocycles. The van der Waals surface area contributed by atoms with Crippen LogP contribution >= 0.6 is 15.9 Å². The van der Waals surface area contributed by atoms with Crippen molar-refractivity contribution in [3.05, 3.63) is 28.7 Å². The molecule has 0 aliphatic heterocycles. The molecule has 0 heterocycles. The van der Waals surface area contributed by atoms with Gasteiger partial charge in [0.15, 0.2) is 0 Å². The first-order valence-corrected chi connectivity index (χ1v) is 7.58. The number of carbonyl (C=O) groups excluding carboxylic acids is 1. The Balaban J connectivity index is 2.21. The second-order valence-electron chi connectivity index (χ2n) is 5.12. The molecule has 1 aromatic carbocycles. The van der Waals surface area contributed by atoms with Crippen molar-refractivity contribution in [1.82, 2.24) is 0 Å². The van der Waals surface area contributed by atoms with Crippen LogP contribution in [0.25, 0.3) is 0 Å². The molecular weight excluding hydrogens is 306 g/mol. The smallest absolute Gasteiger partial charge is 0.331 e. The first-order valence-electron chi connectivity index (χ1n) is 6.78. The summed E-state index contributed by atoms with van der Waals surface area (Å²) in [5.41, 5.74) is 0.412. The molecule has 0 atom stereocenters. The quantitative estimate of drug-likeness (QED) is 0.670. The van der Waals surface area contributed by atoms with Gasteiger partial charge in [-0.15, -0.1) is 0 Å². The lowest BCUT2D eigenvalue weighted by atomic mass is 9.89. The van der Waals surface area contributed by atoms with Gasteiger partial charge in [-0.3, -0.25) is 0 Å². The Hall–Kier alpha value is -1.03. The van der Waals surface area contributed by atoms with E-state index in [2.05, 4.69) is 21.2 Å². The fourth-order valence-electron chi connectivity index (χ4n) is 2.72. The Morgan fingerprint density at radius 1 is 1.16 bits per heavy atom. The molecular formula is C15H20BrNO2.